The highest BCUT2D eigenvalue weighted by Gasteiger charge is 2.37. The van der Waals surface area contributed by atoms with Crippen molar-refractivity contribution in [2.45, 2.75) is 80.1 Å². The minimum absolute atomic E-state index is 0.193. The third-order valence-corrected chi connectivity index (χ3v) is 12.2. The number of hydrogen-bond acceptors (Lipinski definition) is 18. The molecule has 0 atom stereocenters. The molecular formula is C54H72N10O12. The summed E-state index contributed by atoms with van der Waals surface area (Å²) in [5.74, 6) is -2.67. The first-order valence-corrected chi connectivity index (χ1v) is 25.0. The normalized spacial score (nSPS) is 18.6. The molecule has 0 heterocycles. The summed E-state index contributed by atoms with van der Waals surface area (Å²) in [7, 11) is 0. The van der Waals surface area contributed by atoms with Gasteiger partial charge in [0.2, 0.25) is 0 Å². The van der Waals surface area contributed by atoms with Gasteiger partial charge in [-0.25, -0.2) is 24.2 Å². The summed E-state index contributed by atoms with van der Waals surface area (Å²) in [6.45, 7) is 45.3. The quantitative estimate of drug-likeness (QED) is 0.0145. The molecule has 410 valence electrons. The van der Waals surface area contributed by atoms with Gasteiger partial charge in [0.15, 0.2) is 11.4 Å². The van der Waals surface area contributed by atoms with Gasteiger partial charge in [0.1, 0.15) is 37.5 Å². The van der Waals surface area contributed by atoms with Crippen molar-refractivity contribution >= 4 is 17.9 Å². The molecule has 3 rings (SSSR count). The zero-order valence-corrected chi connectivity index (χ0v) is 44.6. The molecule has 0 saturated carbocycles. The van der Waals surface area contributed by atoms with Crippen molar-refractivity contribution in [3.05, 3.63) is 113 Å². The van der Waals surface area contributed by atoms with E-state index in [9.17, 15) is 24.9 Å². The zero-order valence-electron chi connectivity index (χ0n) is 44.6. The first-order valence-electron chi connectivity index (χ1n) is 25.0. The fraction of sp³-hybridized carbons (Fsp3) is 0.611. The van der Waals surface area contributed by atoms with Gasteiger partial charge in [0, 0.05) is 56.4 Å². The van der Waals surface area contributed by atoms with Crippen LogP contribution in [0.1, 0.15) is 80.1 Å². The summed E-state index contributed by atoms with van der Waals surface area (Å²) < 4.78 is 33.2. The maximum Gasteiger partial charge on any atom is 0.349 e. The van der Waals surface area contributed by atoms with Gasteiger partial charge in [-0.2, -0.15) is 10.5 Å². The molecule has 0 unspecified atom stereocenters. The fourth-order valence-electron chi connectivity index (χ4n) is 8.95. The number of carbonyl (C=O) groups is 3. The Kier molecular flexibility index (Phi) is 26.4. The fourth-order valence-corrected chi connectivity index (χ4v) is 8.95. The number of nitriles is 2. The molecule has 22 heteroatoms. The standard InChI is InChI=1S/C54H72N10O12/c1-52(2)29-37(41(36-56)49(68)74-26-17-65)40(35-55)42(32-52)61-11-20-71-23-14-64(15-24-72-21-12-62-43-33-53(3,4)30-38(45(43)57-7)47(59-9)50(69)75-27-18-66)16-25-73-22-13-63-44-34-54(5,6)31-39(46(44)58-8)48(60-10)51(70)76-28-19-67/h61-63,65-67H,11-34H2,1-6H3/b41-37+,47-38-,48-39-. The van der Waals surface area contributed by atoms with E-state index in [1.54, 1.807) is 0 Å². The summed E-state index contributed by atoms with van der Waals surface area (Å²) in [4.78, 5) is 54.4. The van der Waals surface area contributed by atoms with Crippen molar-refractivity contribution in [2.24, 2.45) is 16.2 Å². The third kappa shape index (κ3) is 19.6. The summed E-state index contributed by atoms with van der Waals surface area (Å²) in [5.41, 5.74) is 1.26. The lowest BCUT2D eigenvalue weighted by Crippen LogP contribution is -2.36. The average Bonchev–Trinajstić information content (AvgIpc) is 3.37. The van der Waals surface area contributed by atoms with E-state index in [0.29, 0.717) is 126 Å². The second-order valence-corrected chi connectivity index (χ2v) is 20.3. The number of carbonyl (C=O) groups excluding carboxylic acids is 3. The molecule has 0 saturated heterocycles. The monoisotopic (exact) mass is 1050 g/mol. The van der Waals surface area contributed by atoms with E-state index in [1.807, 2.05) is 47.6 Å². The summed E-state index contributed by atoms with van der Waals surface area (Å²) >= 11 is 0. The Hall–Kier alpha value is -7.09. The van der Waals surface area contributed by atoms with Crippen LogP contribution in [0.3, 0.4) is 0 Å². The number of nitrogens with one attached hydrogen (secondary N) is 3. The third-order valence-electron chi connectivity index (χ3n) is 12.2. The molecule has 0 radical (unpaired) electrons. The molecule has 22 nitrogen and oxygen atoms in total. The Morgan fingerprint density at radius 3 is 1.24 bits per heavy atom. The largest absolute Gasteiger partial charge is 0.468 e. The molecule has 0 spiro atoms. The summed E-state index contributed by atoms with van der Waals surface area (Å²) in [5, 5.41) is 57.3. The van der Waals surface area contributed by atoms with E-state index >= 15 is 0 Å². The van der Waals surface area contributed by atoms with Gasteiger partial charge in [-0.3, -0.25) is 14.5 Å². The van der Waals surface area contributed by atoms with Crippen LogP contribution < -0.4 is 16.0 Å². The number of nitrogens with zero attached hydrogens (tertiary/aromatic N) is 7. The predicted molar refractivity (Wildman–Crippen MR) is 276 cm³/mol. The second-order valence-electron chi connectivity index (χ2n) is 20.3. The van der Waals surface area contributed by atoms with Crippen molar-refractivity contribution in [3.8, 4) is 12.1 Å². The van der Waals surface area contributed by atoms with E-state index in [-0.39, 0.29) is 90.0 Å². The van der Waals surface area contributed by atoms with E-state index < -0.39 is 43.1 Å². The Bertz CT molecular complexity index is 2270. The summed E-state index contributed by atoms with van der Waals surface area (Å²) in [6, 6.07) is 4.05. The van der Waals surface area contributed by atoms with Crippen LogP contribution in [0, 0.1) is 65.2 Å². The second kappa shape index (κ2) is 31.7. The SMILES string of the molecule is [C-]#[N+]C1=C(NCCOCCN(CCOCCNC2=C([N+]#[C-])/C(=C(\[N+]#[C-])C(=O)OCCO)CC(C)(C)C2)CCOCCNC2=C(C#N)/C(=C(\C#N)C(=O)OCCO)CC(C)(C)C2)CC(C)(C)C/C1=C(/[N+]#[C-])C(=O)OCCO. The lowest BCUT2D eigenvalue weighted by Gasteiger charge is -2.34. The van der Waals surface area contributed by atoms with Crippen molar-refractivity contribution in [1.82, 2.24) is 20.9 Å². The molecule has 0 fully saturated rings. The summed E-state index contributed by atoms with van der Waals surface area (Å²) in [6.07, 6.45) is 2.43. The van der Waals surface area contributed by atoms with Crippen LogP contribution >= 0.6 is 0 Å². The van der Waals surface area contributed by atoms with Crippen LogP contribution in [0.5, 0.6) is 0 Å². The first-order chi connectivity index (χ1) is 36.3. The highest BCUT2D eigenvalue weighted by Crippen LogP contribution is 2.45. The molecule has 0 aliphatic heterocycles. The maximum absolute atomic E-state index is 12.7. The molecule has 0 aromatic carbocycles. The number of aliphatic hydroxyl groups is 3. The average molecular weight is 1050 g/mol. The number of ether oxygens (including phenoxy) is 6. The van der Waals surface area contributed by atoms with Crippen LogP contribution in [0.4, 0.5) is 0 Å². The van der Waals surface area contributed by atoms with Gasteiger partial charge >= 0.3 is 17.9 Å². The highest BCUT2D eigenvalue weighted by molar-refractivity contribution is 5.95. The highest BCUT2D eigenvalue weighted by atomic mass is 16.5. The molecule has 3 aliphatic rings. The topological polar surface area (TPSA) is 272 Å². The van der Waals surface area contributed by atoms with Crippen LogP contribution in [0.2, 0.25) is 0 Å². The van der Waals surface area contributed by atoms with Crippen molar-refractivity contribution in [2.75, 3.05) is 119 Å². The lowest BCUT2D eigenvalue weighted by atomic mass is 9.73. The van der Waals surface area contributed by atoms with Crippen LogP contribution in [-0.4, -0.2) is 157 Å². The molecule has 0 aromatic rings. The predicted octanol–water partition coefficient (Wildman–Crippen LogP) is 4.38. The van der Waals surface area contributed by atoms with E-state index in [2.05, 4.69) is 46.3 Å². The van der Waals surface area contributed by atoms with Gasteiger partial charge < -0.3 is 59.7 Å². The number of esters is 3. The smallest absolute Gasteiger partial charge is 0.349 e. The molecular weight excluding hydrogens is 981 g/mol. The first kappa shape index (κ1) is 63.2. The Labute approximate surface area is 446 Å². The Morgan fingerprint density at radius 2 is 0.895 bits per heavy atom. The van der Waals surface area contributed by atoms with Crippen molar-refractivity contribution < 1.29 is 58.1 Å². The number of hydrogen-bond donors (Lipinski definition) is 6. The van der Waals surface area contributed by atoms with Gasteiger partial charge in [0.05, 0.1) is 91.3 Å². The molecule has 0 amide bonds. The van der Waals surface area contributed by atoms with Gasteiger partial charge in [-0.05, 0) is 71.5 Å². The minimum atomic E-state index is -0.899. The van der Waals surface area contributed by atoms with Crippen LogP contribution in [0.25, 0.3) is 19.4 Å². The van der Waals surface area contributed by atoms with E-state index in [0.717, 1.165) is 0 Å². The van der Waals surface area contributed by atoms with E-state index in [1.165, 1.54) is 0 Å². The van der Waals surface area contributed by atoms with Gasteiger partial charge in [0.25, 0.3) is 11.4 Å². The number of aliphatic hydroxyl groups excluding tert-OH is 3. The Balaban J connectivity index is 1.69. The van der Waals surface area contributed by atoms with Crippen LogP contribution in [-0.2, 0) is 42.8 Å². The maximum atomic E-state index is 12.7. The zero-order chi connectivity index (χ0) is 56.3. The van der Waals surface area contributed by atoms with Crippen LogP contribution in [0.15, 0.2) is 67.7 Å². The van der Waals surface area contributed by atoms with Crippen molar-refractivity contribution in [3.63, 3.8) is 0 Å². The lowest BCUT2D eigenvalue weighted by molar-refractivity contribution is -0.140. The molecule has 76 heavy (non-hydrogen) atoms. The number of rotatable bonds is 30. The molecule has 6 N–H and O–H groups in total. The Morgan fingerprint density at radius 1 is 0.539 bits per heavy atom. The van der Waals surface area contributed by atoms with Gasteiger partial charge in [-0.1, -0.05) is 41.5 Å². The number of allylic oxidation sites excluding steroid dienone is 7. The van der Waals surface area contributed by atoms with Crippen molar-refractivity contribution in [1.29, 1.82) is 10.5 Å². The van der Waals surface area contributed by atoms with E-state index in [4.69, 9.17) is 70.0 Å². The molecule has 0 aromatic heterocycles. The minimum Gasteiger partial charge on any atom is -0.468 e. The molecule has 0 bridgehead atoms. The van der Waals surface area contributed by atoms with Gasteiger partial charge in [-0.15, -0.1) is 0 Å². The molecule has 3 aliphatic carbocycles.